The first kappa shape index (κ1) is 9.60. The molecule has 0 fully saturated rings. The molecule has 0 unspecified atom stereocenters. The lowest BCUT2D eigenvalue weighted by Crippen LogP contribution is -2.15. The summed E-state index contributed by atoms with van der Waals surface area (Å²) in [5.41, 5.74) is -0.526. The van der Waals surface area contributed by atoms with Gasteiger partial charge < -0.3 is 14.8 Å². The third-order valence-corrected chi connectivity index (χ3v) is 1.50. The minimum atomic E-state index is -1.15. The molecule has 0 spiro atoms. The minimum absolute atomic E-state index is 0.0390. The lowest BCUT2D eigenvalue weighted by Gasteiger charge is -2.00. The van der Waals surface area contributed by atoms with Crippen LogP contribution in [0.1, 0.15) is 0 Å². The molecular formula is C7H6ClNO4. The van der Waals surface area contributed by atoms with Gasteiger partial charge in [-0.1, -0.05) is 11.6 Å². The SMILES string of the molecule is O=C(O)COc1c[nH]cc(Cl)c1=O. The molecule has 0 aliphatic rings. The van der Waals surface area contributed by atoms with Crippen molar-refractivity contribution in [1.82, 2.24) is 4.98 Å². The fraction of sp³-hybridized carbons (Fsp3) is 0.143. The van der Waals surface area contributed by atoms with Gasteiger partial charge in [-0.25, -0.2) is 4.79 Å². The van der Waals surface area contributed by atoms with Gasteiger partial charge in [0.1, 0.15) is 5.02 Å². The lowest BCUT2D eigenvalue weighted by atomic mass is 10.4. The van der Waals surface area contributed by atoms with Crippen molar-refractivity contribution >= 4 is 17.6 Å². The number of ether oxygens (including phenoxy) is 1. The molecule has 0 aliphatic heterocycles. The van der Waals surface area contributed by atoms with Crippen LogP contribution in [-0.4, -0.2) is 22.7 Å². The molecule has 0 amide bonds. The number of aromatic amines is 1. The van der Waals surface area contributed by atoms with E-state index in [2.05, 4.69) is 9.72 Å². The minimum Gasteiger partial charge on any atom is -0.479 e. The number of aliphatic carboxylic acids is 1. The highest BCUT2D eigenvalue weighted by molar-refractivity contribution is 6.30. The van der Waals surface area contributed by atoms with Crippen LogP contribution in [0, 0.1) is 0 Å². The number of rotatable bonds is 3. The summed E-state index contributed by atoms with van der Waals surface area (Å²) in [6.07, 6.45) is 2.54. The summed E-state index contributed by atoms with van der Waals surface area (Å²) in [5, 5.41) is 8.23. The number of carboxylic acids is 1. The summed E-state index contributed by atoms with van der Waals surface area (Å²) >= 11 is 5.46. The van der Waals surface area contributed by atoms with Crippen molar-refractivity contribution in [3.63, 3.8) is 0 Å². The molecule has 6 heteroatoms. The molecule has 0 bridgehead atoms. The first-order chi connectivity index (χ1) is 6.11. The third kappa shape index (κ3) is 2.48. The van der Waals surface area contributed by atoms with E-state index in [1.165, 1.54) is 12.4 Å². The smallest absolute Gasteiger partial charge is 0.341 e. The second-order valence-electron chi connectivity index (χ2n) is 2.18. The molecule has 0 atom stereocenters. The Balaban J connectivity index is 2.84. The third-order valence-electron chi connectivity index (χ3n) is 1.22. The highest BCUT2D eigenvalue weighted by atomic mass is 35.5. The van der Waals surface area contributed by atoms with Crippen LogP contribution >= 0.6 is 11.6 Å². The van der Waals surface area contributed by atoms with Crippen LogP contribution in [0.15, 0.2) is 17.2 Å². The number of hydrogen-bond acceptors (Lipinski definition) is 3. The van der Waals surface area contributed by atoms with Gasteiger partial charge in [-0.3, -0.25) is 4.79 Å². The first-order valence-electron chi connectivity index (χ1n) is 3.32. The summed E-state index contributed by atoms with van der Waals surface area (Å²) in [5.74, 6) is -1.26. The van der Waals surface area contributed by atoms with E-state index in [4.69, 9.17) is 16.7 Å². The Morgan fingerprint density at radius 1 is 1.62 bits per heavy atom. The quantitative estimate of drug-likeness (QED) is 0.750. The second-order valence-corrected chi connectivity index (χ2v) is 2.59. The van der Waals surface area contributed by atoms with Crippen molar-refractivity contribution in [1.29, 1.82) is 0 Å². The Kier molecular flexibility index (Phi) is 2.92. The van der Waals surface area contributed by atoms with Gasteiger partial charge in [0.15, 0.2) is 12.4 Å². The van der Waals surface area contributed by atoms with Crippen LogP contribution < -0.4 is 10.2 Å². The fourth-order valence-electron chi connectivity index (χ4n) is 0.686. The zero-order valence-corrected chi connectivity index (χ0v) is 7.17. The number of halogens is 1. The van der Waals surface area contributed by atoms with E-state index in [1.54, 1.807) is 0 Å². The summed E-state index contributed by atoms with van der Waals surface area (Å²) in [6, 6.07) is 0. The summed E-state index contributed by atoms with van der Waals surface area (Å²) in [7, 11) is 0. The first-order valence-corrected chi connectivity index (χ1v) is 3.70. The maximum absolute atomic E-state index is 11.1. The van der Waals surface area contributed by atoms with E-state index in [-0.39, 0.29) is 10.8 Å². The fourth-order valence-corrected chi connectivity index (χ4v) is 0.842. The van der Waals surface area contributed by atoms with Gasteiger partial charge in [-0.05, 0) is 0 Å². The van der Waals surface area contributed by atoms with Crippen molar-refractivity contribution in [2.45, 2.75) is 0 Å². The van der Waals surface area contributed by atoms with Crippen LogP contribution in [0.2, 0.25) is 5.02 Å². The van der Waals surface area contributed by atoms with Gasteiger partial charge in [0.25, 0.3) is 0 Å². The number of H-pyrrole nitrogens is 1. The van der Waals surface area contributed by atoms with E-state index < -0.39 is 18.0 Å². The lowest BCUT2D eigenvalue weighted by molar-refractivity contribution is -0.139. The van der Waals surface area contributed by atoms with E-state index in [1.807, 2.05) is 0 Å². The van der Waals surface area contributed by atoms with Crippen molar-refractivity contribution in [2.75, 3.05) is 6.61 Å². The Bertz CT molecular complexity index is 373. The highest BCUT2D eigenvalue weighted by Gasteiger charge is 2.05. The number of nitrogens with one attached hydrogen (secondary N) is 1. The standard InChI is InChI=1S/C7H6ClNO4/c8-4-1-9-2-5(7(4)12)13-3-6(10)11/h1-2H,3H2,(H,9,12)(H,10,11). The zero-order valence-electron chi connectivity index (χ0n) is 6.41. The molecular weight excluding hydrogens is 198 g/mol. The molecule has 0 radical (unpaired) electrons. The van der Waals surface area contributed by atoms with Gasteiger partial charge >= 0.3 is 5.97 Å². The molecule has 0 aromatic carbocycles. The predicted octanol–water partition coefficient (Wildman–Crippen LogP) is 0.492. The van der Waals surface area contributed by atoms with Crippen LogP contribution in [0.3, 0.4) is 0 Å². The zero-order chi connectivity index (χ0) is 9.84. The number of pyridine rings is 1. The van der Waals surface area contributed by atoms with E-state index in [0.29, 0.717) is 0 Å². The van der Waals surface area contributed by atoms with E-state index in [9.17, 15) is 9.59 Å². The Morgan fingerprint density at radius 2 is 2.31 bits per heavy atom. The average Bonchev–Trinajstić information content (AvgIpc) is 2.07. The predicted molar refractivity (Wildman–Crippen MR) is 45.2 cm³/mol. The van der Waals surface area contributed by atoms with Gasteiger partial charge in [-0.2, -0.15) is 0 Å². The van der Waals surface area contributed by atoms with Crippen molar-refractivity contribution in [3.05, 3.63) is 27.6 Å². The van der Waals surface area contributed by atoms with Crippen LogP contribution in [0.4, 0.5) is 0 Å². The number of carboxylic acid groups (broad SMARTS) is 1. The maximum Gasteiger partial charge on any atom is 0.341 e. The molecule has 0 saturated carbocycles. The topological polar surface area (TPSA) is 79.4 Å². The molecule has 0 saturated heterocycles. The van der Waals surface area contributed by atoms with Gasteiger partial charge in [-0.15, -0.1) is 0 Å². The second kappa shape index (κ2) is 3.95. The largest absolute Gasteiger partial charge is 0.479 e. The number of carbonyl (C=O) groups is 1. The Morgan fingerprint density at radius 3 is 2.92 bits per heavy atom. The highest BCUT2D eigenvalue weighted by Crippen LogP contribution is 2.06. The van der Waals surface area contributed by atoms with Gasteiger partial charge in [0.2, 0.25) is 5.43 Å². The summed E-state index contributed by atoms with van der Waals surface area (Å²) in [6.45, 7) is -0.566. The normalized spacial score (nSPS) is 9.62. The monoisotopic (exact) mass is 203 g/mol. The molecule has 5 nitrogen and oxygen atoms in total. The van der Waals surface area contributed by atoms with Gasteiger partial charge in [0.05, 0.1) is 0 Å². The summed E-state index contributed by atoms with van der Waals surface area (Å²) in [4.78, 5) is 23.8. The van der Waals surface area contributed by atoms with Crippen LogP contribution in [0.5, 0.6) is 5.75 Å². The van der Waals surface area contributed by atoms with Gasteiger partial charge in [0, 0.05) is 12.4 Å². The van der Waals surface area contributed by atoms with E-state index in [0.717, 1.165) is 0 Å². The maximum atomic E-state index is 11.1. The molecule has 2 N–H and O–H groups in total. The molecule has 1 aromatic rings. The van der Waals surface area contributed by atoms with Crippen molar-refractivity contribution in [2.24, 2.45) is 0 Å². The number of aromatic nitrogens is 1. The van der Waals surface area contributed by atoms with E-state index >= 15 is 0 Å². The Hall–Kier alpha value is -1.49. The van der Waals surface area contributed by atoms with Crippen molar-refractivity contribution in [3.8, 4) is 5.75 Å². The Labute approximate surface area is 77.9 Å². The molecule has 13 heavy (non-hydrogen) atoms. The van der Waals surface area contributed by atoms with Crippen molar-refractivity contribution < 1.29 is 14.6 Å². The average molecular weight is 204 g/mol. The molecule has 70 valence electrons. The molecule has 1 aromatic heterocycles. The molecule has 1 rings (SSSR count). The summed E-state index contributed by atoms with van der Waals surface area (Å²) < 4.78 is 4.65. The molecule has 0 aliphatic carbocycles. The molecule has 1 heterocycles. The van der Waals surface area contributed by atoms with Crippen LogP contribution in [-0.2, 0) is 4.79 Å². The number of hydrogen-bond donors (Lipinski definition) is 2. The van der Waals surface area contributed by atoms with Crippen LogP contribution in [0.25, 0.3) is 0 Å².